The first-order valence-corrected chi connectivity index (χ1v) is 9.21. The van der Waals surface area contributed by atoms with Crippen molar-refractivity contribution in [1.82, 2.24) is 19.7 Å². The fourth-order valence-electron chi connectivity index (χ4n) is 3.61. The smallest absolute Gasteiger partial charge is 0.331 e. The van der Waals surface area contributed by atoms with Gasteiger partial charge in [-0.2, -0.15) is 13.2 Å². The second-order valence-corrected chi connectivity index (χ2v) is 7.07. The number of amides is 1. The third-order valence-corrected chi connectivity index (χ3v) is 4.99. The Kier molecular flexibility index (Phi) is 6.06. The number of halogens is 6. The Morgan fingerprint density at radius 3 is 2.47 bits per heavy atom. The third-order valence-electron chi connectivity index (χ3n) is 4.99. The molecule has 0 radical (unpaired) electrons. The van der Waals surface area contributed by atoms with Crippen LogP contribution in [0, 0.1) is 17.5 Å². The monoisotopic (exact) mass is 435 g/mol. The van der Waals surface area contributed by atoms with Gasteiger partial charge in [0.1, 0.15) is 5.82 Å². The van der Waals surface area contributed by atoms with E-state index in [4.69, 9.17) is 5.73 Å². The van der Waals surface area contributed by atoms with Gasteiger partial charge in [0.15, 0.2) is 17.5 Å². The highest BCUT2D eigenvalue weighted by Crippen LogP contribution is 2.34. The van der Waals surface area contributed by atoms with Crippen LogP contribution in [0.3, 0.4) is 0 Å². The first-order chi connectivity index (χ1) is 14.0. The van der Waals surface area contributed by atoms with Crippen molar-refractivity contribution in [2.75, 3.05) is 6.54 Å². The van der Waals surface area contributed by atoms with Crippen LogP contribution in [0.4, 0.5) is 26.3 Å². The number of rotatable bonds is 5. The van der Waals surface area contributed by atoms with Gasteiger partial charge in [-0.05, 0) is 24.5 Å². The number of nitrogens with zero attached hydrogens (tertiary/aromatic N) is 4. The second kappa shape index (κ2) is 8.25. The zero-order valence-electron chi connectivity index (χ0n) is 15.9. The Hall–Kier alpha value is -2.63. The molecule has 164 valence electrons. The molecule has 1 amide bonds. The first-order valence-electron chi connectivity index (χ1n) is 9.21. The van der Waals surface area contributed by atoms with Gasteiger partial charge in [-0.15, -0.1) is 10.2 Å². The van der Waals surface area contributed by atoms with Crippen LogP contribution in [0.25, 0.3) is 0 Å². The minimum absolute atomic E-state index is 0.00226. The highest BCUT2D eigenvalue weighted by Gasteiger charge is 2.42. The van der Waals surface area contributed by atoms with Gasteiger partial charge >= 0.3 is 6.18 Å². The lowest BCUT2D eigenvalue weighted by Crippen LogP contribution is -2.45. The summed E-state index contributed by atoms with van der Waals surface area (Å²) in [5.41, 5.74) is 5.73. The number of alkyl halides is 3. The molecule has 12 heteroatoms. The molecule has 2 N–H and O–H groups in total. The van der Waals surface area contributed by atoms with Gasteiger partial charge < -0.3 is 15.2 Å². The number of hydrogen-bond acceptors (Lipinski definition) is 4. The van der Waals surface area contributed by atoms with E-state index in [0.29, 0.717) is 18.6 Å². The average Bonchev–Trinajstić information content (AvgIpc) is 3.09. The number of aromatic nitrogens is 3. The number of hydrogen-bond donors (Lipinski definition) is 1. The van der Waals surface area contributed by atoms with Gasteiger partial charge in [0, 0.05) is 31.6 Å². The molecule has 2 atom stereocenters. The van der Waals surface area contributed by atoms with E-state index in [0.717, 1.165) is 4.57 Å². The second-order valence-electron chi connectivity index (χ2n) is 7.07. The van der Waals surface area contributed by atoms with Gasteiger partial charge in [0.25, 0.3) is 0 Å². The number of carbonyl (C=O) groups excluding carboxylic acids is 1. The van der Waals surface area contributed by atoms with Gasteiger partial charge in [0.2, 0.25) is 11.7 Å². The zero-order chi connectivity index (χ0) is 22.2. The van der Waals surface area contributed by atoms with Crippen LogP contribution >= 0.6 is 0 Å². The average molecular weight is 435 g/mol. The Balaban J connectivity index is 1.72. The maximum atomic E-state index is 13.8. The molecule has 0 fully saturated rings. The maximum absolute atomic E-state index is 13.8. The maximum Gasteiger partial charge on any atom is 0.451 e. The molecule has 0 unspecified atom stereocenters. The molecule has 6 nitrogen and oxygen atoms in total. The molecule has 0 bridgehead atoms. The van der Waals surface area contributed by atoms with Crippen molar-refractivity contribution in [1.29, 1.82) is 0 Å². The Morgan fingerprint density at radius 2 is 1.83 bits per heavy atom. The molecular weight excluding hydrogens is 416 g/mol. The summed E-state index contributed by atoms with van der Waals surface area (Å²) in [7, 11) is 0. The lowest BCUT2D eigenvalue weighted by Gasteiger charge is -2.36. The summed E-state index contributed by atoms with van der Waals surface area (Å²) in [5.74, 6) is -5.08. The zero-order valence-corrected chi connectivity index (χ0v) is 15.9. The van der Waals surface area contributed by atoms with Crippen molar-refractivity contribution in [3.05, 3.63) is 46.8 Å². The van der Waals surface area contributed by atoms with E-state index in [1.54, 1.807) is 6.92 Å². The van der Waals surface area contributed by atoms with E-state index >= 15 is 0 Å². The fraction of sp³-hybridized carbons (Fsp3) is 0.500. The highest BCUT2D eigenvalue weighted by molar-refractivity contribution is 5.77. The molecule has 1 aromatic carbocycles. The molecule has 0 saturated heterocycles. The summed E-state index contributed by atoms with van der Waals surface area (Å²) < 4.78 is 80.3. The minimum atomic E-state index is -4.66. The van der Waals surface area contributed by atoms with E-state index in [-0.39, 0.29) is 37.3 Å². The fourth-order valence-corrected chi connectivity index (χ4v) is 3.61. The third kappa shape index (κ3) is 4.27. The predicted molar refractivity (Wildman–Crippen MR) is 92.4 cm³/mol. The summed E-state index contributed by atoms with van der Waals surface area (Å²) in [5, 5.41) is 6.85. The van der Waals surface area contributed by atoms with E-state index < -0.39 is 47.4 Å². The van der Waals surface area contributed by atoms with Crippen LogP contribution in [0.2, 0.25) is 0 Å². The minimum Gasteiger partial charge on any atom is -0.331 e. The van der Waals surface area contributed by atoms with Crippen LogP contribution in [0.5, 0.6) is 0 Å². The van der Waals surface area contributed by atoms with Gasteiger partial charge in [-0.3, -0.25) is 4.79 Å². The predicted octanol–water partition coefficient (Wildman–Crippen LogP) is 2.97. The van der Waals surface area contributed by atoms with Crippen molar-refractivity contribution in [3.63, 3.8) is 0 Å². The molecule has 2 aromatic rings. The number of carbonyl (C=O) groups is 1. The molecule has 1 aliphatic heterocycles. The number of benzene rings is 1. The quantitative estimate of drug-likeness (QED) is 0.579. The molecule has 1 aliphatic rings. The van der Waals surface area contributed by atoms with E-state index in [1.165, 1.54) is 4.90 Å². The SMILES string of the molecule is CC[C@H]1c2nnc(C(F)(F)F)n2CCN1C(=O)C[C@H](N)Cc1cc(F)c(F)cc1F. The molecule has 3 rings (SSSR count). The Labute approximate surface area is 167 Å². The van der Waals surface area contributed by atoms with Gasteiger partial charge in [-0.1, -0.05) is 6.92 Å². The molecule has 0 aliphatic carbocycles. The molecule has 1 aromatic heterocycles. The normalized spacial score (nSPS) is 17.7. The first kappa shape index (κ1) is 22.1. The molecule has 0 spiro atoms. The van der Waals surface area contributed by atoms with Gasteiger partial charge in [-0.25, -0.2) is 13.2 Å². The van der Waals surface area contributed by atoms with Crippen molar-refractivity contribution in [3.8, 4) is 0 Å². The van der Waals surface area contributed by atoms with Crippen molar-refractivity contribution in [2.24, 2.45) is 5.73 Å². The van der Waals surface area contributed by atoms with Crippen LogP contribution in [0.1, 0.15) is 43.0 Å². The number of fused-ring (bicyclic) bond motifs is 1. The molecule has 2 heterocycles. The molecular formula is C18H19F6N5O. The summed E-state index contributed by atoms with van der Waals surface area (Å²) in [6.07, 6.45) is -4.83. The summed E-state index contributed by atoms with van der Waals surface area (Å²) >= 11 is 0. The standard InChI is InChI=1S/C18H19F6N5O/c1-2-14-16-26-27-17(18(22,23)24)29(16)4-3-28(14)15(30)7-10(25)5-9-6-12(20)13(21)8-11(9)19/h6,8,10,14H,2-5,7,25H2,1H3/t10-,14+/m1/s1. The number of nitrogens with two attached hydrogens (primary N) is 1. The molecule has 0 saturated carbocycles. The van der Waals surface area contributed by atoms with Crippen molar-refractivity contribution in [2.45, 2.75) is 51.0 Å². The largest absolute Gasteiger partial charge is 0.451 e. The summed E-state index contributed by atoms with van der Waals surface area (Å²) in [6, 6.07) is -0.532. The van der Waals surface area contributed by atoms with E-state index in [2.05, 4.69) is 10.2 Å². The topological polar surface area (TPSA) is 77.0 Å². The van der Waals surface area contributed by atoms with E-state index in [1.807, 2.05) is 0 Å². The van der Waals surface area contributed by atoms with Crippen molar-refractivity contribution < 1.29 is 31.1 Å². The Bertz CT molecular complexity index is 944. The van der Waals surface area contributed by atoms with Gasteiger partial charge in [0.05, 0.1) is 6.04 Å². The lowest BCUT2D eigenvalue weighted by molar-refractivity contribution is -0.148. The lowest BCUT2D eigenvalue weighted by atomic mass is 10.0. The summed E-state index contributed by atoms with van der Waals surface area (Å²) in [6.45, 7) is 1.56. The Morgan fingerprint density at radius 1 is 1.17 bits per heavy atom. The van der Waals surface area contributed by atoms with Crippen molar-refractivity contribution >= 4 is 5.91 Å². The van der Waals surface area contributed by atoms with Crippen LogP contribution in [-0.4, -0.2) is 38.2 Å². The van der Waals surface area contributed by atoms with Crippen LogP contribution in [-0.2, 0) is 23.9 Å². The van der Waals surface area contributed by atoms with Crippen LogP contribution < -0.4 is 5.73 Å². The van der Waals surface area contributed by atoms with Crippen LogP contribution in [0.15, 0.2) is 12.1 Å². The summed E-state index contributed by atoms with van der Waals surface area (Å²) in [4.78, 5) is 14.1. The van der Waals surface area contributed by atoms with E-state index in [9.17, 15) is 31.1 Å². The molecule has 30 heavy (non-hydrogen) atoms. The highest BCUT2D eigenvalue weighted by atomic mass is 19.4.